The minimum atomic E-state index is -0.281. The van der Waals surface area contributed by atoms with Crippen molar-refractivity contribution < 1.29 is 9.59 Å². The van der Waals surface area contributed by atoms with Gasteiger partial charge in [0.25, 0.3) is 11.5 Å². The van der Waals surface area contributed by atoms with E-state index in [9.17, 15) is 14.4 Å². The third-order valence-electron chi connectivity index (χ3n) is 6.29. The molecule has 2 aliphatic rings. The maximum atomic E-state index is 13.4. The summed E-state index contributed by atoms with van der Waals surface area (Å²) in [5, 5.41) is 3.00. The molecule has 164 valence electrons. The summed E-state index contributed by atoms with van der Waals surface area (Å²) < 4.78 is 1.34. The number of likely N-dealkylation sites (N-methyl/N-ethyl adjacent to an activating group) is 1. The van der Waals surface area contributed by atoms with Gasteiger partial charge >= 0.3 is 0 Å². The molecule has 2 fully saturated rings. The lowest BCUT2D eigenvalue weighted by molar-refractivity contribution is -0.122. The van der Waals surface area contributed by atoms with Crippen LogP contribution in [0.4, 0.5) is 0 Å². The molecular formula is C24H30N4O3. The summed E-state index contributed by atoms with van der Waals surface area (Å²) in [5.41, 5.74) is 1.24. The van der Waals surface area contributed by atoms with Crippen LogP contribution in [-0.2, 0) is 11.3 Å². The van der Waals surface area contributed by atoms with Gasteiger partial charge in [-0.15, -0.1) is 0 Å². The minimum absolute atomic E-state index is 0.0570. The molecule has 4 rings (SSSR count). The normalized spacial score (nSPS) is 20.0. The van der Waals surface area contributed by atoms with Crippen molar-refractivity contribution in [2.24, 2.45) is 0 Å². The van der Waals surface area contributed by atoms with Gasteiger partial charge in [-0.3, -0.25) is 14.4 Å². The number of aromatic nitrogens is 1. The molecule has 0 radical (unpaired) electrons. The van der Waals surface area contributed by atoms with Crippen molar-refractivity contribution in [3.8, 4) is 0 Å². The number of amides is 2. The molecule has 1 aromatic heterocycles. The molecule has 1 saturated carbocycles. The number of benzene rings is 1. The molecule has 2 amide bonds. The van der Waals surface area contributed by atoms with E-state index < -0.39 is 0 Å². The van der Waals surface area contributed by atoms with Gasteiger partial charge in [0.1, 0.15) is 6.54 Å². The Morgan fingerprint density at radius 2 is 1.77 bits per heavy atom. The zero-order valence-electron chi connectivity index (χ0n) is 18.0. The van der Waals surface area contributed by atoms with Gasteiger partial charge in [0.05, 0.1) is 11.6 Å². The van der Waals surface area contributed by atoms with E-state index in [-0.39, 0.29) is 36.0 Å². The predicted molar refractivity (Wildman–Crippen MR) is 119 cm³/mol. The molecule has 1 saturated heterocycles. The van der Waals surface area contributed by atoms with Crippen LogP contribution in [0.2, 0.25) is 0 Å². The van der Waals surface area contributed by atoms with E-state index in [4.69, 9.17) is 0 Å². The van der Waals surface area contributed by atoms with Crippen molar-refractivity contribution in [3.05, 3.63) is 70.1 Å². The van der Waals surface area contributed by atoms with E-state index >= 15 is 0 Å². The molecular weight excluding hydrogens is 392 g/mol. The van der Waals surface area contributed by atoms with Crippen LogP contribution < -0.4 is 10.9 Å². The van der Waals surface area contributed by atoms with Crippen molar-refractivity contribution in [2.45, 2.75) is 44.3 Å². The predicted octanol–water partition coefficient (Wildman–Crippen LogP) is 2.04. The first-order valence-electron chi connectivity index (χ1n) is 11.1. The Labute approximate surface area is 182 Å². The molecule has 0 spiro atoms. The smallest absolute Gasteiger partial charge is 0.255 e. The Morgan fingerprint density at radius 1 is 1.03 bits per heavy atom. The lowest BCUT2D eigenvalue weighted by Gasteiger charge is -2.40. The van der Waals surface area contributed by atoms with Crippen molar-refractivity contribution in [1.29, 1.82) is 0 Å². The van der Waals surface area contributed by atoms with E-state index in [1.165, 1.54) is 16.8 Å². The number of carbonyl (C=O) groups is 2. The molecule has 31 heavy (non-hydrogen) atoms. The highest BCUT2D eigenvalue weighted by molar-refractivity contribution is 5.94. The fourth-order valence-corrected chi connectivity index (χ4v) is 4.57. The van der Waals surface area contributed by atoms with Crippen LogP contribution in [0.25, 0.3) is 0 Å². The van der Waals surface area contributed by atoms with Crippen molar-refractivity contribution >= 4 is 11.8 Å². The van der Waals surface area contributed by atoms with Gasteiger partial charge in [-0.05, 0) is 31.5 Å². The second kappa shape index (κ2) is 9.47. The number of rotatable bonds is 5. The first kappa shape index (κ1) is 21.3. The largest absolute Gasteiger partial charge is 0.352 e. The zero-order valence-corrected chi connectivity index (χ0v) is 18.0. The van der Waals surface area contributed by atoms with E-state index in [1.54, 1.807) is 6.07 Å². The van der Waals surface area contributed by atoms with Gasteiger partial charge < -0.3 is 19.7 Å². The molecule has 7 heteroatoms. The average Bonchev–Trinajstić information content (AvgIpc) is 3.28. The first-order valence-corrected chi connectivity index (χ1v) is 11.1. The number of carbonyl (C=O) groups excluding carboxylic acids is 2. The Bertz CT molecular complexity index is 982. The minimum Gasteiger partial charge on any atom is -0.352 e. The Hall–Kier alpha value is -2.93. The molecule has 2 aromatic rings. The summed E-state index contributed by atoms with van der Waals surface area (Å²) >= 11 is 0. The van der Waals surface area contributed by atoms with E-state index in [2.05, 4.69) is 17.3 Å². The number of nitrogens with zero attached hydrogens (tertiary/aromatic N) is 3. The Kier molecular flexibility index (Phi) is 6.51. The van der Waals surface area contributed by atoms with Crippen LogP contribution >= 0.6 is 0 Å². The summed E-state index contributed by atoms with van der Waals surface area (Å²) in [6.07, 6.45) is 5.76. The number of hydrogen-bond acceptors (Lipinski definition) is 4. The Morgan fingerprint density at radius 3 is 2.52 bits per heavy atom. The highest BCUT2D eigenvalue weighted by atomic mass is 16.2. The number of piperazine rings is 1. The highest BCUT2D eigenvalue weighted by Crippen LogP contribution is 2.26. The topological polar surface area (TPSA) is 74.7 Å². The third-order valence-corrected chi connectivity index (χ3v) is 6.29. The molecule has 0 unspecified atom stereocenters. The maximum absolute atomic E-state index is 13.4. The summed E-state index contributed by atoms with van der Waals surface area (Å²) in [5.74, 6) is -0.299. The molecule has 1 atom stereocenters. The number of nitrogens with one attached hydrogen (secondary N) is 1. The van der Waals surface area contributed by atoms with Gasteiger partial charge in [-0.1, -0.05) is 43.2 Å². The molecule has 1 aromatic carbocycles. The van der Waals surface area contributed by atoms with Crippen LogP contribution in [0, 0.1) is 0 Å². The second-order valence-corrected chi connectivity index (χ2v) is 8.62. The van der Waals surface area contributed by atoms with Gasteiger partial charge in [0.2, 0.25) is 5.91 Å². The van der Waals surface area contributed by atoms with Crippen LogP contribution in [0.5, 0.6) is 0 Å². The molecule has 1 aliphatic heterocycles. The fourth-order valence-electron chi connectivity index (χ4n) is 4.57. The molecule has 1 aliphatic carbocycles. The SMILES string of the molecule is CN1CCN(C(=O)c2ccc(=O)n(CC(=O)NC3CCCC3)c2)[C@@H](c2ccccc2)C1. The molecule has 1 N–H and O–H groups in total. The summed E-state index contributed by atoms with van der Waals surface area (Å²) in [4.78, 5) is 42.2. The number of pyridine rings is 1. The second-order valence-electron chi connectivity index (χ2n) is 8.62. The van der Waals surface area contributed by atoms with Gasteiger partial charge in [-0.2, -0.15) is 0 Å². The summed E-state index contributed by atoms with van der Waals surface area (Å²) in [7, 11) is 2.06. The monoisotopic (exact) mass is 422 g/mol. The Balaban J connectivity index is 1.52. The fraction of sp³-hybridized carbons (Fsp3) is 0.458. The first-order chi connectivity index (χ1) is 15.0. The van der Waals surface area contributed by atoms with E-state index in [0.29, 0.717) is 12.1 Å². The van der Waals surface area contributed by atoms with Gasteiger partial charge in [0.15, 0.2) is 0 Å². The number of hydrogen-bond donors (Lipinski definition) is 1. The van der Waals surface area contributed by atoms with Crippen LogP contribution in [0.3, 0.4) is 0 Å². The van der Waals surface area contributed by atoms with Gasteiger partial charge in [-0.25, -0.2) is 0 Å². The van der Waals surface area contributed by atoms with E-state index in [0.717, 1.165) is 44.3 Å². The molecule has 2 heterocycles. The quantitative estimate of drug-likeness (QED) is 0.800. The zero-order chi connectivity index (χ0) is 21.8. The highest BCUT2D eigenvalue weighted by Gasteiger charge is 2.31. The third kappa shape index (κ3) is 5.05. The van der Waals surface area contributed by atoms with Crippen molar-refractivity contribution in [2.75, 3.05) is 26.7 Å². The molecule has 7 nitrogen and oxygen atoms in total. The van der Waals surface area contributed by atoms with Crippen LogP contribution in [0.1, 0.15) is 47.6 Å². The van der Waals surface area contributed by atoms with Gasteiger partial charge in [0, 0.05) is 37.9 Å². The maximum Gasteiger partial charge on any atom is 0.255 e. The summed E-state index contributed by atoms with van der Waals surface area (Å²) in [6, 6.07) is 13.1. The summed E-state index contributed by atoms with van der Waals surface area (Å²) in [6.45, 7) is 2.08. The lowest BCUT2D eigenvalue weighted by Crippen LogP contribution is -2.49. The molecule has 0 bridgehead atoms. The average molecular weight is 423 g/mol. The standard InChI is InChI=1S/C24H30N4O3/c1-26-13-14-28(21(16-26)18-7-3-2-4-8-18)24(31)19-11-12-23(30)27(15-19)17-22(29)25-20-9-5-6-10-20/h2-4,7-8,11-12,15,20-21H,5-6,9-10,13-14,16-17H2,1H3,(H,25,29)/t21-/m1/s1. The van der Waals surface area contributed by atoms with Crippen molar-refractivity contribution in [1.82, 2.24) is 19.7 Å². The van der Waals surface area contributed by atoms with E-state index in [1.807, 2.05) is 35.2 Å². The lowest BCUT2D eigenvalue weighted by atomic mass is 10.0. The van der Waals surface area contributed by atoms with Crippen LogP contribution in [-0.4, -0.2) is 58.9 Å². The van der Waals surface area contributed by atoms with Crippen molar-refractivity contribution in [3.63, 3.8) is 0 Å². The van der Waals surface area contributed by atoms with Crippen LogP contribution in [0.15, 0.2) is 53.5 Å².